The molecule has 1 aromatic rings. The van der Waals surface area contributed by atoms with Gasteiger partial charge in [-0.05, 0) is 57.9 Å². The molecule has 1 aromatic carbocycles. The van der Waals surface area contributed by atoms with Crippen LogP contribution in [0.2, 0.25) is 0 Å². The molecule has 1 unspecified atom stereocenters. The Hall–Kier alpha value is -2.45. The van der Waals surface area contributed by atoms with Gasteiger partial charge < -0.3 is 24.3 Å². The molecule has 0 aromatic heterocycles. The Morgan fingerprint density at radius 1 is 1.12 bits per heavy atom. The van der Waals surface area contributed by atoms with Crippen molar-refractivity contribution in [2.24, 2.45) is 5.92 Å². The first kappa shape index (κ1) is 27.8. The Morgan fingerprint density at radius 2 is 1.82 bits per heavy atom. The third kappa shape index (κ3) is 10.7. The van der Waals surface area contributed by atoms with Crippen molar-refractivity contribution < 1.29 is 33.3 Å². The molecule has 1 heterocycles. The van der Waals surface area contributed by atoms with Crippen LogP contribution in [0.4, 0.5) is 4.79 Å². The lowest BCUT2D eigenvalue weighted by Crippen LogP contribution is -2.52. The maximum absolute atomic E-state index is 13.3. The van der Waals surface area contributed by atoms with Gasteiger partial charge in [0.2, 0.25) is 0 Å². The predicted octanol–water partition coefficient (Wildman–Crippen LogP) is 4.54. The van der Waals surface area contributed by atoms with Gasteiger partial charge in [-0.3, -0.25) is 9.59 Å². The number of carbonyl (C=O) groups is 3. The third-order valence-corrected chi connectivity index (χ3v) is 5.11. The number of hydrogen-bond donors (Lipinski definition) is 1. The fourth-order valence-corrected chi connectivity index (χ4v) is 3.63. The quantitative estimate of drug-likeness (QED) is 0.369. The lowest BCUT2D eigenvalue weighted by Gasteiger charge is -2.33. The normalized spacial score (nSPS) is 18.1. The third-order valence-electron chi connectivity index (χ3n) is 5.11. The van der Waals surface area contributed by atoms with Crippen LogP contribution in [0.1, 0.15) is 72.3 Å². The molecule has 8 nitrogen and oxygen atoms in total. The summed E-state index contributed by atoms with van der Waals surface area (Å²) in [7, 11) is 0. The van der Waals surface area contributed by atoms with Crippen molar-refractivity contribution in [1.29, 1.82) is 0 Å². The summed E-state index contributed by atoms with van der Waals surface area (Å²) in [4.78, 5) is 38.2. The van der Waals surface area contributed by atoms with Crippen LogP contribution in [-0.2, 0) is 35.1 Å². The van der Waals surface area contributed by atoms with Crippen molar-refractivity contribution in [3.05, 3.63) is 35.9 Å². The second-order valence-corrected chi connectivity index (χ2v) is 10.0. The van der Waals surface area contributed by atoms with Crippen molar-refractivity contribution in [3.63, 3.8) is 0 Å². The number of amides is 1. The molecule has 1 N–H and O–H groups in total. The smallest absolute Gasteiger partial charge is 0.407 e. The van der Waals surface area contributed by atoms with E-state index in [4.69, 9.17) is 18.9 Å². The van der Waals surface area contributed by atoms with Crippen LogP contribution >= 0.6 is 0 Å². The summed E-state index contributed by atoms with van der Waals surface area (Å²) in [6, 6.07) is 8.56. The lowest BCUT2D eigenvalue weighted by atomic mass is 9.95. The number of esters is 1. The summed E-state index contributed by atoms with van der Waals surface area (Å²) in [5.41, 5.74) is 0.136. The molecule has 2 rings (SSSR count). The van der Waals surface area contributed by atoms with Crippen molar-refractivity contribution in [3.8, 4) is 0 Å². The average molecular weight is 478 g/mol. The monoisotopic (exact) mass is 477 g/mol. The van der Waals surface area contributed by atoms with Gasteiger partial charge in [0.1, 0.15) is 24.7 Å². The highest BCUT2D eigenvalue weighted by molar-refractivity contribution is 5.98. The average Bonchev–Trinajstić information content (AvgIpc) is 2.75. The fraction of sp³-hybridized carbons (Fsp3) is 0.654. The minimum absolute atomic E-state index is 0.0792. The van der Waals surface area contributed by atoms with Gasteiger partial charge in [0.15, 0.2) is 12.1 Å². The molecule has 190 valence electrons. The van der Waals surface area contributed by atoms with Crippen LogP contribution in [0, 0.1) is 5.92 Å². The molecule has 1 saturated heterocycles. The van der Waals surface area contributed by atoms with E-state index in [1.165, 1.54) is 0 Å². The van der Waals surface area contributed by atoms with Crippen LogP contribution in [0.5, 0.6) is 0 Å². The van der Waals surface area contributed by atoms with E-state index in [1.807, 2.05) is 44.2 Å². The van der Waals surface area contributed by atoms with Crippen molar-refractivity contribution in [1.82, 2.24) is 5.32 Å². The summed E-state index contributed by atoms with van der Waals surface area (Å²) >= 11 is 0. The highest BCUT2D eigenvalue weighted by Crippen LogP contribution is 2.21. The van der Waals surface area contributed by atoms with E-state index >= 15 is 0 Å². The van der Waals surface area contributed by atoms with Crippen LogP contribution in [0.25, 0.3) is 0 Å². The number of ether oxygens (including phenoxy) is 4. The zero-order chi connectivity index (χ0) is 25.1. The van der Waals surface area contributed by atoms with Crippen LogP contribution in [-0.4, -0.2) is 48.5 Å². The first-order chi connectivity index (χ1) is 16.0. The van der Waals surface area contributed by atoms with E-state index < -0.39 is 48.3 Å². The maximum Gasteiger partial charge on any atom is 0.407 e. The largest absolute Gasteiger partial charge is 0.460 e. The van der Waals surface area contributed by atoms with E-state index in [-0.39, 0.29) is 12.5 Å². The highest BCUT2D eigenvalue weighted by atomic mass is 16.7. The number of ketones is 1. The van der Waals surface area contributed by atoms with Crippen LogP contribution in [0.15, 0.2) is 30.3 Å². The molecule has 0 spiro atoms. The number of carbonyl (C=O) groups excluding carboxylic acids is 3. The van der Waals surface area contributed by atoms with Gasteiger partial charge >= 0.3 is 12.1 Å². The molecule has 8 heteroatoms. The van der Waals surface area contributed by atoms with Gasteiger partial charge in [-0.2, -0.15) is 0 Å². The Labute approximate surface area is 202 Å². The van der Waals surface area contributed by atoms with Gasteiger partial charge in [-0.15, -0.1) is 0 Å². The van der Waals surface area contributed by atoms with Crippen LogP contribution in [0.3, 0.4) is 0 Å². The first-order valence-electron chi connectivity index (χ1n) is 12.0. The van der Waals surface area contributed by atoms with E-state index in [2.05, 4.69) is 5.32 Å². The van der Waals surface area contributed by atoms with Crippen LogP contribution < -0.4 is 5.32 Å². The molecule has 0 radical (unpaired) electrons. The highest BCUT2D eigenvalue weighted by Gasteiger charge is 2.36. The minimum Gasteiger partial charge on any atom is -0.460 e. The molecular formula is C26H39NO7. The van der Waals surface area contributed by atoms with E-state index in [9.17, 15) is 14.4 Å². The molecule has 1 fully saturated rings. The second kappa shape index (κ2) is 13.4. The Morgan fingerprint density at radius 3 is 2.41 bits per heavy atom. The number of nitrogens with one attached hydrogen (secondary N) is 1. The Balaban J connectivity index is 2.12. The fourth-order valence-electron chi connectivity index (χ4n) is 3.63. The standard InChI is InChI=1S/C26H39NO7/c1-18(2)15-20(27-25(30)34-26(3,4)5)24(33-23-13-9-10-14-31-23)21(28)16-22(29)32-17-19-11-7-6-8-12-19/h6-8,11-12,18,20,23-24H,9-10,13-17H2,1-5H3,(H,27,30)/t20-,23?,24+/m0/s1. The summed E-state index contributed by atoms with van der Waals surface area (Å²) in [6.07, 6.45) is 0.199. The van der Waals surface area contributed by atoms with Gasteiger partial charge in [0.05, 0.1) is 6.04 Å². The van der Waals surface area contributed by atoms with E-state index in [0.29, 0.717) is 19.4 Å². The van der Waals surface area contributed by atoms with Crippen molar-refractivity contribution >= 4 is 17.8 Å². The molecule has 1 aliphatic rings. The van der Waals surface area contributed by atoms with Crippen molar-refractivity contribution in [2.75, 3.05) is 6.61 Å². The van der Waals surface area contributed by atoms with Gasteiger partial charge in [-0.25, -0.2) is 4.79 Å². The molecular weight excluding hydrogens is 438 g/mol. The van der Waals surface area contributed by atoms with Gasteiger partial charge in [0, 0.05) is 6.61 Å². The number of rotatable bonds is 11. The zero-order valence-electron chi connectivity index (χ0n) is 21.0. The minimum atomic E-state index is -1.07. The SMILES string of the molecule is CC(C)C[C@H](NC(=O)OC(C)(C)C)[C@@H](OC1CCCCO1)C(=O)CC(=O)OCc1ccccc1. The summed E-state index contributed by atoms with van der Waals surface area (Å²) in [5.74, 6) is -0.960. The zero-order valence-corrected chi connectivity index (χ0v) is 21.0. The number of Topliss-reactive ketones (excluding diaryl/α,β-unsaturated/α-hetero) is 1. The molecule has 1 aliphatic heterocycles. The van der Waals surface area contributed by atoms with Crippen molar-refractivity contribution in [2.45, 2.75) is 97.4 Å². The second-order valence-electron chi connectivity index (χ2n) is 10.0. The summed E-state index contributed by atoms with van der Waals surface area (Å²) in [5, 5.41) is 2.79. The van der Waals surface area contributed by atoms with E-state index in [1.54, 1.807) is 20.8 Å². The predicted molar refractivity (Wildman–Crippen MR) is 127 cm³/mol. The molecule has 0 aliphatic carbocycles. The lowest BCUT2D eigenvalue weighted by molar-refractivity contribution is -0.197. The molecule has 0 bridgehead atoms. The summed E-state index contributed by atoms with van der Waals surface area (Å²) in [6.45, 7) is 9.88. The molecule has 0 saturated carbocycles. The molecule has 34 heavy (non-hydrogen) atoms. The number of hydrogen-bond acceptors (Lipinski definition) is 7. The Kier molecular flexibility index (Phi) is 11.0. The maximum atomic E-state index is 13.3. The topological polar surface area (TPSA) is 100 Å². The molecule has 1 amide bonds. The number of alkyl carbamates (subject to hydrolysis) is 1. The first-order valence-corrected chi connectivity index (χ1v) is 12.0. The number of benzene rings is 1. The Bertz CT molecular complexity index is 782. The van der Waals surface area contributed by atoms with E-state index in [0.717, 1.165) is 18.4 Å². The van der Waals surface area contributed by atoms with Gasteiger partial charge in [0.25, 0.3) is 0 Å². The van der Waals surface area contributed by atoms with Gasteiger partial charge in [-0.1, -0.05) is 44.2 Å². The summed E-state index contributed by atoms with van der Waals surface area (Å²) < 4.78 is 22.4. The molecule has 3 atom stereocenters.